The van der Waals surface area contributed by atoms with Gasteiger partial charge in [-0.1, -0.05) is 33.8 Å². The van der Waals surface area contributed by atoms with E-state index in [0.29, 0.717) is 5.01 Å². The summed E-state index contributed by atoms with van der Waals surface area (Å²) in [7, 11) is 0. The molecule has 0 spiro atoms. The molecule has 0 aliphatic heterocycles. The van der Waals surface area contributed by atoms with E-state index in [-0.39, 0.29) is 36.4 Å². The molecule has 0 aromatic carbocycles. The van der Waals surface area contributed by atoms with Crippen LogP contribution in [-0.4, -0.2) is 58.0 Å². The van der Waals surface area contributed by atoms with E-state index in [0.717, 1.165) is 6.08 Å². The number of hydrogen-bond donors (Lipinski definition) is 1. The summed E-state index contributed by atoms with van der Waals surface area (Å²) in [6.07, 6.45) is -0.146. The van der Waals surface area contributed by atoms with Crippen LogP contribution in [0.4, 0.5) is 8.78 Å². The fraction of sp³-hybridized carbons (Fsp3) is 0.633. The second-order valence-electron chi connectivity index (χ2n) is 12.6. The Morgan fingerprint density at radius 2 is 2.00 bits per heavy atom. The molecule has 41 heavy (non-hydrogen) atoms. The summed E-state index contributed by atoms with van der Waals surface area (Å²) in [5.41, 5.74) is -7.34. The Balaban J connectivity index is 1.61. The van der Waals surface area contributed by atoms with Crippen LogP contribution in [0.3, 0.4) is 0 Å². The van der Waals surface area contributed by atoms with Gasteiger partial charge in [-0.3, -0.25) is 4.79 Å². The van der Waals surface area contributed by atoms with Crippen LogP contribution in [0.2, 0.25) is 0 Å². The minimum atomic E-state index is -2.36. The number of esters is 2. The van der Waals surface area contributed by atoms with E-state index in [1.807, 2.05) is 13.8 Å². The summed E-state index contributed by atoms with van der Waals surface area (Å²) in [5, 5.41) is 23.0. The number of carbonyl (C=O) groups is 3. The number of ether oxygens (including phenoxy) is 2. The van der Waals surface area contributed by atoms with Crippen LogP contribution >= 0.6 is 11.3 Å². The van der Waals surface area contributed by atoms with Gasteiger partial charge in [-0.05, 0) is 49.8 Å². The molecule has 1 N–H and O–H groups in total. The second-order valence-corrected chi connectivity index (χ2v) is 13.5. The van der Waals surface area contributed by atoms with E-state index >= 15 is 8.78 Å². The zero-order valence-corrected chi connectivity index (χ0v) is 24.5. The number of fused-ring (bicyclic) bond motifs is 5. The van der Waals surface area contributed by atoms with Crippen molar-refractivity contribution in [1.29, 1.82) is 5.26 Å². The molecule has 1 heterocycles. The van der Waals surface area contributed by atoms with Crippen molar-refractivity contribution in [2.45, 2.75) is 83.3 Å². The monoisotopic (exact) mass is 588 g/mol. The number of ketones is 1. The van der Waals surface area contributed by atoms with Gasteiger partial charge in [0.15, 0.2) is 23.8 Å². The number of aromatic nitrogens is 1. The molecule has 0 radical (unpaired) electrons. The van der Waals surface area contributed by atoms with Crippen LogP contribution in [0.5, 0.6) is 0 Å². The van der Waals surface area contributed by atoms with Gasteiger partial charge in [0.05, 0.1) is 11.1 Å². The van der Waals surface area contributed by atoms with E-state index in [9.17, 15) is 19.5 Å². The molecule has 9 atom stereocenters. The number of aliphatic hydroxyl groups excluding tert-OH is 1. The highest BCUT2D eigenvalue weighted by atomic mass is 32.1. The van der Waals surface area contributed by atoms with Gasteiger partial charge in [-0.2, -0.15) is 5.26 Å². The number of alkyl halides is 2. The summed E-state index contributed by atoms with van der Waals surface area (Å²) in [6, 6.07) is 1.75. The third-order valence-corrected chi connectivity index (χ3v) is 11.4. The van der Waals surface area contributed by atoms with Crippen molar-refractivity contribution < 1.29 is 37.7 Å². The Hall–Kier alpha value is -2.97. The standard InChI is InChI=1S/C30H34F2N2O6S/c1-15(2)24-34-22(14-41-24)25(37)40-30(26(38)39-9-8-33)16(3)10-18-19-12-21(31)20-11-17(35)6-7-27(20,4)29(19,32)23(36)13-28(18,30)5/h6-7,11,14-16,18-19,21,23,36H,9-10,12-13H2,1-5H3/t16-,18+,19+,21+,23+,27+,28+,29+,30-/m1/s1. The van der Waals surface area contributed by atoms with Crippen molar-refractivity contribution in [2.75, 3.05) is 6.61 Å². The molecular formula is C30H34F2N2O6S. The first kappa shape index (κ1) is 29.5. The maximum atomic E-state index is 17.5. The van der Waals surface area contributed by atoms with Crippen molar-refractivity contribution >= 4 is 29.1 Å². The first-order valence-corrected chi connectivity index (χ1v) is 14.7. The predicted octanol–water partition coefficient (Wildman–Crippen LogP) is 4.79. The average Bonchev–Trinajstić information content (AvgIpc) is 3.49. The Morgan fingerprint density at radius 3 is 2.63 bits per heavy atom. The number of thiazole rings is 1. The van der Waals surface area contributed by atoms with Gasteiger partial charge in [0, 0.05) is 34.0 Å². The highest BCUT2D eigenvalue weighted by Gasteiger charge is 2.78. The summed E-state index contributed by atoms with van der Waals surface area (Å²) < 4.78 is 44.7. The number of nitriles is 1. The van der Waals surface area contributed by atoms with Crippen LogP contribution in [0.15, 0.2) is 29.2 Å². The van der Waals surface area contributed by atoms with Crippen LogP contribution in [0.25, 0.3) is 0 Å². The van der Waals surface area contributed by atoms with Gasteiger partial charge in [-0.25, -0.2) is 23.4 Å². The first-order valence-electron chi connectivity index (χ1n) is 13.9. The Kier molecular flexibility index (Phi) is 7.06. The van der Waals surface area contributed by atoms with E-state index in [4.69, 9.17) is 14.7 Å². The molecule has 4 aliphatic rings. The number of hydrogen-bond acceptors (Lipinski definition) is 9. The lowest BCUT2D eigenvalue weighted by Crippen LogP contribution is -2.71. The molecule has 8 nitrogen and oxygen atoms in total. The highest BCUT2D eigenvalue weighted by Crippen LogP contribution is 2.71. The van der Waals surface area contributed by atoms with Gasteiger partial charge < -0.3 is 14.6 Å². The number of allylic oxidation sites excluding steroid dienone is 4. The third kappa shape index (κ3) is 3.89. The van der Waals surface area contributed by atoms with Gasteiger partial charge in [0.2, 0.25) is 5.60 Å². The molecule has 0 unspecified atom stereocenters. The lowest BCUT2D eigenvalue weighted by atomic mass is 9.44. The van der Waals surface area contributed by atoms with Crippen molar-refractivity contribution in [3.8, 4) is 6.07 Å². The summed E-state index contributed by atoms with van der Waals surface area (Å²) in [5.74, 6) is -4.75. The largest absolute Gasteiger partial charge is 0.447 e. The molecule has 5 rings (SSSR count). The number of aliphatic hydroxyl groups is 1. The van der Waals surface area contributed by atoms with Crippen molar-refractivity contribution in [3.63, 3.8) is 0 Å². The normalized spacial score (nSPS) is 41.1. The Labute approximate surface area is 241 Å². The van der Waals surface area contributed by atoms with Crippen molar-refractivity contribution in [3.05, 3.63) is 39.9 Å². The lowest BCUT2D eigenvalue weighted by Gasteiger charge is -2.63. The number of rotatable bonds is 5. The summed E-state index contributed by atoms with van der Waals surface area (Å²) >= 11 is 1.27. The molecule has 3 fully saturated rings. The number of nitrogens with zero attached hydrogens (tertiary/aromatic N) is 2. The minimum absolute atomic E-state index is 0.00222. The van der Waals surface area contributed by atoms with Crippen LogP contribution in [-0.2, 0) is 19.1 Å². The Bertz CT molecular complexity index is 1400. The number of halogens is 2. The topological polar surface area (TPSA) is 127 Å². The molecule has 1 aromatic rings. The second kappa shape index (κ2) is 9.80. The summed E-state index contributed by atoms with van der Waals surface area (Å²) in [4.78, 5) is 43.8. The quantitative estimate of drug-likeness (QED) is 0.487. The van der Waals surface area contributed by atoms with Gasteiger partial charge >= 0.3 is 11.9 Å². The molecule has 4 aliphatic carbocycles. The van der Waals surface area contributed by atoms with E-state index in [1.54, 1.807) is 19.9 Å². The molecule has 0 amide bonds. The molecule has 1 aromatic heterocycles. The van der Waals surface area contributed by atoms with Crippen molar-refractivity contribution in [1.82, 2.24) is 4.98 Å². The molecule has 0 saturated heterocycles. The van der Waals surface area contributed by atoms with Crippen LogP contribution in [0.1, 0.15) is 75.3 Å². The minimum Gasteiger partial charge on any atom is -0.447 e. The van der Waals surface area contributed by atoms with E-state index in [1.165, 1.54) is 35.8 Å². The Morgan fingerprint density at radius 1 is 1.29 bits per heavy atom. The maximum Gasteiger partial charge on any atom is 0.358 e. The van der Waals surface area contributed by atoms with E-state index in [2.05, 4.69) is 4.98 Å². The van der Waals surface area contributed by atoms with Gasteiger partial charge in [0.25, 0.3) is 0 Å². The van der Waals surface area contributed by atoms with Gasteiger partial charge in [-0.15, -0.1) is 11.3 Å². The first-order chi connectivity index (χ1) is 19.2. The third-order valence-electron chi connectivity index (χ3n) is 10.2. The predicted molar refractivity (Wildman–Crippen MR) is 144 cm³/mol. The molecule has 11 heteroatoms. The maximum absolute atomic E-state index is 17.5. The zero-order chi connectivity index (χ0) is 30.1. The highest BCUT2D eigenvalue weighted by molar-refractivity contribution is 7.09. The average molecular weight is 589 g/mol. The van der Waals surface area contributed by atoms with Crippen LogP contribution in [0, 0.1) is 39.9 Å². The molecule has 220 valence electrons. The zero-order valence-electron chi connectivity index (χ0n) is 23.6. The smallest absolute Gasteiger partial charge is 0.358 e. The number of carbonyl (C=O) groups excluding carboxylic acids is 3. The fourth-order valence-electron chi connectivity index (χ4n) is 8.27. The van der Waals surface area contributed by atoms with E-state index < -0.39 is 76.5 Å². The molecular weight excluding hydrogens is 554 g/mol. The molecule has 0 bridgehead atoms. The summed E-state index contributed by atoms with van der Waals surface area (Å²) in [6.45, 7) is 8.07. The SMILES string of the molecule is CC(C)c1nc(C(=O)O[C@@]2(C(=O)OCC#N)[C@H](C)C[C@H]3[C@@H]4C[C@H](F)C5=CC(=O)C=C[C@]5(C)[C@@]4(F)[C@@H](O)C[C@@]32C)cs1. The molecule has 3 saturated carbocycles. The fourth-order valence-corrected chi connectivity index (χ4v) is 9.07. The van der Waals surface area contributed by atoms with Gasteiger partial charge in [0.1, 0.15) is 12.2 Å². The van der Waals surface area contributed by atoms with Crippen LogP contribution < -0.4 is 0 Å². The lowest BCUT2D eigenvalue weighted by molar-refractivity contribution is -0.230. The van der Waals surface area contributed by atoms with Crippen molar-refractivity contribution in [2.24, 2.45) is 28.6 Å².